The zero-order valence-electron chi connectivity index (χ0n) is 12.0. The van der Waals surface area contributed by atoms with Crippen molar-refractivity contribution in [1.29, 1.82) is 0 Å². The minimum Gasteiger partial charge on any atom is -0.334 e. The Morgan fingerprint density at radius 2 is 2.00 bits per heavy atom. The van der Waals surface area contributed by atoms with Crippen LogP contribution in [-0.4, -0.2) is 24.0 Å². The van der Waals surface area contributed by atoms with Crippen molar-refractivity contribution in [3.63, 3.8) is 0 Å². The molecule has 1 aliphatic heterocycles. The first-order valence-electron chi connectivity index (χ1n) is 7.55. The number of piperidine rings is 1. The first-order valence-corrected chi connectivity index (χ1v) is 8.30. The van der Waals surface area contributed by atoms with Gasteiger partial charge in [-0.1, -0.05) is 35.7 Å². The molecule has 0 aromatic heterocycles. The molecule has 2 fully saturated rings. The second-order valence-corrected chi connectivity index (χ2v) is 7.12. The Morgan fingerprint density at radius 3 is 2.67 bits per heavy atom. The van der Waals surface area contributed by atoms with Crippen molar-refractivity contribution in [3.8, 4) is 0 Å². The number of rotatable bonds is 2. The van der Waals surface area contributed by atoms with Crippen molar-refractivity contribution < 1.29 is 4.79 Å². The van der Waals surface area contributed by atoms with E-state index in [9.17, 15) is 4.79 Å². The number of halogens is 2. The van der Waals surface area contributed by atoms with E-state index in [1.54, 1.807) is 12.1 Å². The van der Waals surface area contributed by atoms with Crippen LogP contribution in [0.15, 0.2) is 18.2 Å². The maximum absolute atomic E-state index is 12.3. The second kappa shape index (κ2) is 6.05. The Bertz CT molecular complexity index is 543. The summed E-state index contributed by atoms with van der Waals surface area (Å²) in [6, 6.07) is 5.37. The van der Waals surface area contributed by atoms with Gasteiger partial charge in [0.2, 0.25) is 0 Å². The molecule has 2 aliphatic rings. The highest BCUT2D eigenvalue weighted by Gasteiger charge is 2.41. The summed E-state index contributed by atoms with van der Waals surface area (Å²) >= 11 is 12.0. The van der Waals surface area contributed by atoms with Gasteiger partial charge in [0.1, 0.15) is 0 Å². The topological polar surface area (TPSA) is 32.3 Å². The lowest BCUT2D eigenvalue weighted by Crippen LogP contribution is -2.51. The van der Waals surface area contributed by atoms with E-state index in [2.05, 4.69) is 5.32 Å². The first-order chi connectivity index (χ1) is 10.1. The van der Waals surface area contributed by atoms with E-state index in [0.29, 0.717) is 22.0 Å². The zero-order chi connectivity index (χ0) is 14.9. The average Bonchev–Trinajstić information content (AvgIpc) is 2.44. The van der Waals surface area contributed by atoms with E-state index in [1.165, 1.54) is 25.7 Å². The minimum atomic E-state index is 0.0204. The Hall–Kier alpha value is -0.930. The summed E-state index contributed by atoms with van der Waals surface area (Å²) in [7, 11) is 0. The van der Waals surface area contributed by atoms with Gasteiger partial charge in [0, 0.05) is 29.7 Å². The van der Waals surface area contributed by atoms with Gasteiger partial charge in [-0.2, -0.15) is 0 Å². The van der Waals surface area contributed by atoms with Crippen LogP contribution in [0, 0.1) is 5.41 Å². The summed E-state index contributed by atoms with van der Waals surface area (Å²) < 4.78 is 0. The molecule has 114 valence electrons. The smallest absolute Gasteiger partial charge is 0.317 e. The number of likely N-dealkylation sites (tertiary alicyclic amines) is 1. The van der Waals surface area contributed by atoms with Gasteiger partial charge < -0.3 is 10.2 Å². The number of nitrogens with zero attached hydrogens (tertiary/aromatic N) is 1. The summed E-state index contributed by atoms with van der Waals surface area (Å²) in [5.41, 5.74) is 1.32. The van der Waals surface area contributed by atoms with E-state index in [-0.39, 0.29) is 6.03 Å². The molecule has 1 saturated carbocycles. The molecule has 1 spiro atoms. The lowest BCUT2D eigenvalue weighted by atomic mass is 9.64. The Morgan fingerprint density at radius 1 is 1.24 bits per heavy atom. The normalized spacial score (nSPS) is 20.2. The van der Waals surface area contributed by atoms with E-state index in [4.69, 9.17) is 23.2 Å². The predicted molar refractivity (Wildman–Crippen MR) is 85.8 cm³/mol. The molecule has 5 heteroatoms. The molecule has 0 unspecified atom stereocenters. The molecule has 0 atom stereocenters. The predicted octanol–water partition coefficient (Wildman–Crippen LogP) is 4.47. The SMILES string of the molecule is O=C(NCc1ccc(Cl)cc1Cl)N1CCCC2(CCC2)C1. The highest BCUT2D eigenvalue weighted by atomic mass is 35.5. The molecule has 1 heterocycles. The van der Waals surface area contributed by atoms with E-state index >= 15 is 0 Å². The maximum atomic E-state index is 12.3. The molecular weight excluding hydrogens is 307 g/mol. The summed E-state index contributed by atoms with van der Waals surface area (Å²) in [6.45, 7) is 2.22. The van der Waals surface area contributed by atoms with Crippen molar-refractivity contribution in [3.05, 3.63) is 33.8 Å². The molecule has 0 bridgehead atoms. The largest absolute Gasteiger partial charge is 0.334 e. The fourth-order valence-corrected chi connectivity index (χ4v) is 3.89. The molecule has 0 radical (unpaired) electrons. The van der Waals surface area contributed by atoms with Gasteiger partial charge in [-0.15, -0.1) is 0 Å². The van der Waals surface area contributed by atoms with Crippen LogP contribution in [0.1, 0.15) is 37.7 Å². The fraction of sp³-hybridized carbons (Fsp3) is 0.562. The number of hydrogen-bond acceptors (Lipinski definition) is 1. The van der Waals surface area contributed by atoms with E-state index < -0.39 is 0 Å². The van der Waals surface area contributed by atoms with Crippen molar-refractivity contribution in [2.75, 3.05) is 13.1 Å². The number of benzene rings is 1. The van der Waals surface area contributed by atoms with E-state index in [0.717, 1.165) is 25.1 Å². The lowest BCUT2D eigenvalue weighted by Gasteiger charge is -2.48. The number of amides is 2. The molecule has 1 saturated heterocycles. The summed E-state index contributed by atoms with van der Waals surface area (Å²) in [5, 5.41) is 4.18. The molecular formula is C16H20Cl2N2O. The van der Waals surface area contributed by atoms with Crippen LogP contribution in [0.5, 0.6) is 0 Å². The van der Waals surface area contributed by atoms with Gasteiger partial charge in [0.05, 0.1) is 0 Å². The number of nitrogens with one attached hydrogen (secondary N) is 1. The average molecular weight is 327 g/mol. The van der Waals surface area contributed by atoms with Crippen molar-refractivity contribution in [2.24, 2.45) is 5.41 Å². The standard InChI is InChI=1S/C16H20Cl2N2O/c17-13-4-3-12(14(18)9-13)10-19-15(21)20-8-2-7-16(11-20)5-1-6-16/h3-4,9H,1-2,5-8,10-11H2,(H,19,21). The van der Waals surface area contributed by atoms with Crippen molar-refractivity contribution >= 4 is 29.2 Å². The molecule has 1 N–H and O–H groups in total. The van der Waals surface area contributed by atoms with Crippen molar-refractivity contribution in [2.45, 2.75) is 38.6 Å². The van der Waals surface area contributed by atoms with Crippen LogP contribution < -0.4 is 5.32 Å². The van der Waals surface area contributed by atoms with Crippen LogP contribution in [0.25, 0.3) is 0 Å². The van der Waals surface area contributed by atoms with Crippen LogP contribution >= 0.6 is 23.2 Å². The highest BCUT2D eigenvalue weighted by molar-refractivity contribution is 6.35. The summed E-state index contributed by atoms with van der Waals surface area (Å²) in [6.07, 6.45) is 6.27. The monoisotopic (exact) mass is 326 g/mol. The zero-order valence-corrected chi connectivity index (χ0v) is 13.5. The van der Waals surface area contributed by atoms with Crippen LogP contribution in [0.3, 0.4) is 0 Å². The molecule has 1 aliphatic carbocycles. The molecule has 1 aromatic carbocycles. The Balaban J connectivity index is 1.56. The third kappa shape index (κ3) is 3.29. The molecule has 2 amide bonds. The van der Waals surface area contributed by atoms with Gasteiger partial charge in [-0.05, 0) is 48.8 Å². The van der Waals surface area contributed by atoms with Crippen LogP contribution in [0.4, 0.5) is 4.79 Å². The van der Waals surface area contributed by atoms with Gasteiger partial charge in [-0.25, -0.2) is 4.79 Å². The summed E-state index contributed by atoms with van der Waals surface area (Å²) in [5.74, 6) is 0. The number of urea groups is 1. The molecule has 1 aromatic rings. The number of carbonyl (C=O) groups excluding carboxylic acids is 1. The summed E-state index contributed by atoms with van der Waals surface area (Å²) in [4.78, 5) is 14.3. The highest BCUT2D eigenvalue weighted by Crippen LogP contribution is 2.47. The van der Waals surface area contributed by atoms with Gasteiger partial charge >= 0.3 is 6.03 Å². The van der Waals surface area contributed by atoms with Gasteiger partial charge in [0.15, 0.2) is 0 Å². The number of hydrogen-bond donors (Lipinski definition) is 1. The molecule has 3 rings (SSSR count). The lowest BCUT2D eigenvalue weighted by molar-refractivity contribution is 0.0369. The maximum Gasteiger partial charge on any atom is 0.317 e. The first kappa shape index (κ1) is 15.0. The fourth-order valence-electron chi connectivity index (χ4n) is 3.41. The van der Waals surface area contributed by atoms with Crippen molar-refractivity contribution in [1.82, 2.24) is 10.2 Å². The molecule has 3 nitrogen and oxygen atoms in total. The van der Waals surface area contributed by atoms with Crippen LogP contribution in [-0.2, 0) is 6.54 Å². The quantitative estimate of drug-likeness (QED) is 0.854. The Labute approximate surface area is 135 Å². The molecule has 21 heavy (non-hydrogen) atoms. The number of carbonyl (C=O) groups is 1. The van der Waals surface area contributed by atoms with E-state index in [1.807, 2.05) is 11.0 Å². The Kier molecular flexibility index (Phi) is 4.32. The minimum absolute atomic E-state index is 0.0204. The third-order valence-corrected chi connectivity index (χ3v) is 5.39. The third-order valence-electron chi connectivity index (χ3n) is 4.81. The second-order valence-electron chi connectivity index (χ2n) is 6.27. The van der Waals surface area contributed by atoms with Gasteiger partial charge in [-0.3, -0.25) is 0 Å². The van der Waals surface area contributed by atoms with Gasteiger partial charge in [0.25, 0.3) is 0 Å². The van der Waals surface area contributed by atoms with Crippen LogP contribution in [0.2, 0.25) is 10.0 Å².